The summed E-state index contributed by atoms with van der Waals surface area (Å²) in [6, 6.07) is 4.75. The lowest BCUT2D eigenvalue weighted by atomic mass is 9.90. The van der Waals surface area contributed by atoms with Crippen LogP contribution in [0, 0.1) is 13.8 Å². The van der Waals surface area contributed by atoms with E-state index in [0.717, 1.165) is 19.3 Å². The maximum Gasteiger partial charge on any atom is 0.0491 e. The van der Waals surface area contributed by atoms with E-state index in [9.17, 15) is 0 Å². The van der Waals surface area contributed by atoms with Crippen LogP contribution < -0.4 is 5.73 Å². The lowest BCUT2D eigenvalue weighted by Crippen LogP contribution is -2.27. The lowest BCUT2D eigenvalue weighted by Gasteiger charge is -2.18. The number of hydrogen-bond donors (Lipinski definition) is 2. The molecule has 0 radical (unpaired) electrons. The summed E-state index contributed by atoms with van der Waals surface area (Å²) in [6.07, 6.45) is 3.24. The van der Waals surface area contributed by atoms with Crippen molar-refractivity contribution in [3.8, 4) is 0 Å². The summed E-state index contributed by atoms with van der Waals surface area (Å²) >= 11 is 0. The van der Waals surface area contributed by atoms with Crippen molar-refractivity contribution in [2.45, 2.75) is 39.2 Å². The van der Waals surface area contributed by atoms with Crippen LogP contribution in [0.15, 0.2) is 12.1 Å². The van der Waals surface area contributed by atoms with E-state index in [1.807, 2.05) is 0 Å². The molecular formula is C14H18N2. The number of fused-ring (bicyclic) bond motifs is 3. The second-order valence-electron chi connectivity index (χ2n) is 5.03. The number of H-pyrrole nitrogens is 1. The Morgan fingerprint density at radius 2 is 2.00 bits per heavy atom. The molecule has 0 amide bonds. The third kappa shape index (κ3) is 1.30. The van der Waals surface area contributed by atoms with Crippen molar-refractivity contribution in [1.29, 1.82) is 0 Å². The van der Waals surface area contributed by atoms with Crippen LogP contribution in [0.3, 0.4) is 0 Å². The van der Waals surface area contributed by atoms with Crippen LogP contribution in [-0.2, 0) is 12.8 Å². The van der Waals surface area contributed by atoms with Crippen LogP contribution in [0.2, 0.25) is 0 Å². The summed E-state index contributed by atoms with van der Waals surface area (Å²) in [6.45, 7) is 4.36. The van der Waals surface area contributed by atoms with Gasteiger partial charge in [-0.15, -0.1) is 0 Å². The van der Waals surface area contributed by atoms with Crippen LogP contribution in [0.5, 0.6) is 0 Å². The van der Waals surface area contributed by atoms with E-state index in [4.69, 9.17) is 5.73 Å². The molecule has 1 aliphatic rings. The zero-order chi connectivity index (χ0) is 11.3. The zero-order valence-electron chi connectivity index (χ0n) is 9.93. The highest BCUT2D eigenvalue weighted by Gasteiger charge is 2.21. The van der Waals surface area contributed by atoms with Gasteiger partial charge in [0.1, 0.15) is 0 Å². The molecule has 0 fully saturated rings. The largest absolute Gasteiger partial charge is 0.358 e. The Hall–Kier alpha value is -1.28. The number of rotatable bonds is 0. The van der Waals surface area contributed by atoms with Crippen molar-refractivity contribution in [1.82, 2.24) is 4.98 Å². The number of nitrogens with one attached hydrogen (secondary N) is 1. The monoisotopic (exact) mass is 214 g/mol. The Kier molecular flexibility index (Phi) is 2.08. The van der Waals surface area contributed by atoms with E-state index in [-0.39, 0.29) is 0 Å². The fourth-order valence-corrected chi connectivity index (χ4v) is 2.87. The minimum atomic E-state index is 0.339. The predicted molar refractivity (Wildman–Crippen MR) is 67.8 cm³/mol. The Morgan fingerprint density at radius 1 is 1.25 bits per heavy atom. The second-order valence-corrected chi connectivity index (χ2v) is 5.03. The number of aromatic nitrogens is 1. The van der Waals surface area contributed by atoms with Gasteiger partial charge in [0.05, 0.1) is 0 Å². The van der Waals surface area contributed by atoms with Gasteiger partial charge in [-0.25, -0.2) is 0 Å². The first-order valence-electron chi connectivity index (χ1n) is 6.02. The van der Waals surface area contributed by atoms with Crippen LogP contribution in [0.4, 0.5) is 0 Å². The number of aryl methyl sites for hydroxylation is 3. The van der Waals surface area contributed by atoms with Gasteiger partial charge >= 0.3 is 0 Å². The fraction of sp³-hybridized carbons (Fsp3) is 0.429. The van der Waals surface area contributed by atoms with Crippen LogP contribution in [0.1, 0.15) is 28.8 Å². The highest BCUT2D eigenvalue weighted by Crippen LogP contribution is 2.32. The zero-order valence-corrected chi connectivity index (χ0v) is 9.93. The molecule has 1 atom stereocenters. The van der Waals surface area contributed by atoms with Crippen molar-refractivity contribution in [2.75, 3.05) is 0 Å². The summed E-state index contributed by atoms with van der Waals surface area (Å²) in [5.74, 6) is 0. The first kappa shape index (κ1) is 9.91. The summed E-state index contributed by atoms with van der Waals surface area (Å²) in [5.41, 5.74) is 13.0. The minimum absolute atomic E-state index is 0.339. The molecule has 0 saturated carbocycles. The third-order valence-corrected chi connectivity index (χ3v) is 3.80. The van der Waals surface area contributed by atoms with E-state index >= 15 is 0 Å². The van der Waals surface area contributed by atoms with E-state index in [1.165, 1.54) is 33.3 Å². The van der Waals surface area contributed by atoms with Gasteiger partial charge in [0, 0.05) is 22.6 Å². The maximum atomic E-state index is 6.07. The molecule has 1 aliphatic carbocycles. The average molecular weight is 214 g/mol. The van der Waals surface area contributed by atoms with Crippen molar-refractivity contribution >= 4 is 10.9 Å². The van der Waals surface area contributed by atoms with Crippen LogP contribution in [0.25, 0.3) is 10.9 Å². The number of nitrogens with two attached hydrogens (primary N) is 1. The minimum Gasteiger partial charge on any atom is -0.358 e. The Bertz CT molecular complexity index is 551. The lowest BCUT2D eigenvalue weighted by molar-refractivity contribution is 0.574. The molecule has 1 aromatic heterocycles. The van der Waals surface area contributed by atoms with Crippen molar-refractivity contribution in [2.24, 2.45) is 5.73 Å². The third-order valence-electron chi connectivity index (χ3n) is 3.80. The Labute approximate surface area is 95.8 Å². The fourth-order valence-electron chi connectivity index (χ4n) is 2.87. The van der Waals surface area contributed by atoms with E-state index in [0.29, 0.717) is 6.04 Å². The highest BCUT2D eigenvalue weighted by atomic mass is 14.8. The smallest absolute Gasteiger partial charge is 0.0491 e. The summed E-state index contributed by atoms with van der Waals surface area (Å²) in [7, 11) is 0. The van der Waals surface area contributed by atoms with E-state index in [2.05, 4.69) is 31.0 Å². The molecule has 1 unspecified atom stereocenters. The predicted octanol–water partition coefficient (Wildman–Crippen LogP) is 2.60. The van der Waals surface area contributed by atoms with E-state index in [1.54, 1.807) is 0 Å². The summed E-state index contributed by atoms with van der Waals surface area (Å²) in [4.78, 5) is 3.59. The number of benzene rings is 1. The topological polar surface area (TPSA) is 41.8 Å². The van der Waals surface area contributed by atoms with Gasteiger partial charge < -0.3 is 10.7 Å². The van der Waals surface area contributed by atoms with Gasteiger partial charge in [-0.2, -0.15) is 0 Å². The van der Waals surface area contributed by atoms with Crippen molar-refractivity contribution in [3.05, 3.63) is 34.5 Å². The molecule has 3 rings (SSSR count). The quantitative estimate of drug-likeness (QED) is 0.695. The number of hydrogen-bond acceptors (Lipinski definition) is 1. The first-order chi connectivity index (χ1) is 7.66. The average Bonchev–Trinajstić information content (AvgIpc) is 2.63. The molecule has 1 heterocycles. The first-order valence-corrected chi connectivity index (χ1v) is 6.02. The normalized spacial score (nSPS) is 20.1. The molecule has 0 bridgehead atoms. The molecule has 1 aromatic carbocycles. The van der Waals surface area contributed by atoms with Gasteiger partial charge in [0.25, 0.3) is 0 Å². The molecule has 16 heavy (non-hydrogen) atoms. The van der Waals surface area contributed by atoms with Crippen LogP contribution >= 0.6 is 0 Å². The van der Waals surface area contributed by atoms with E-state index < -0.39 is 0 Å². The van der Waals surface area contributed by atoms with Crippen LogP contribution in [-0.4, -0.2) is 11.0 Å². The number of aromatic amines is 1. The SMILES string of the molecule is Cc1ccc(C)c2c3c([nH]c12)CCC(N)C3. The van der Waals surface area contributed by atoms with Crippen molar-refractivity contribution in [3.63, 3.8) is 0 Å². The Morgan fingerprint density at radius 3 is 2.81 bits per heavy atom. The highest BCUT2D eigenvalue weighted by molar-refractivity contribution is 5.90. The molecule has 0 aliphatic heterocycles. The summed E-state index contributed by atoms with van der Waals surface area (Å²) in [5, 5.41) is 1.42. The molecule has 0 spiro atoms. The van der Waals surface area contributed by atoms with Gasteiger partial charge in [-0.1, -0.05) is 12.1 Å². The molecule has 3 N–H and O–H groups in total. The molecule has 2 nitrogen and oxygen atoms in total. The Balaban J connectivity index is 2.34. The maximum absolute atomic E-state index is 6.07. The second kappa shape index (κ2) is 3.36. The summed E-state index contributed by atoms with van der Waals surface area (Å²) < 4.78 is 0. The van der Waals surface area contributed by atoms with Gasteiger partial charge in [0.2, 0.25) is 0 Å². The standard InChI is InChI=1S/C14H18N2/c1-8-3-4-9(2)14-13(8)11-7-10(15)5-6-12(11)16-14/h3-4,10,16H,5-7,15H2,1-2H3. The van der Waals surface area contributed by atoms with Gasteiger partial charge in [0.15, 0.2) is 0 Å². The molecule has 84 valence electrons. The van der Waals surface area contributed by atoms with Crippen molar-refractivity contribution < 1.29 is 0 Å². The van der Waals surface area contributed by atoms with Gasteiger partial charge in [-0.05, 0) is 49.8 Å². The van der Waals surface area contributed by atoms with Gasteiger partial charge in [-0.3, -0.25) is 0 Å². The molecular weight excluding hydrogens is 196 g/mol. The molecule has 2 aromatic rings. The molecule has 2 heteroatoms. The molecule has 0 saturated heterocycles.